The second-order valence-electron chi connectivity index (χ2n) is 5.21. The van der Waals surface area contributed by atoms with E-state index in [4.69, 9.17) is 5.11 Å². The summed E-state index contributed by atoms with van der Waals surface area (Å²) in [7, 11) is 0.0299. The van der Waals surface area contributed by atoms with Gasteiger partial charge in [-0.1, -0.05) is 60.5 Å². The van der Waals surface area contributed by atoms with Crippen LogP contribution in [0, 0.1) is 0 Å². The van der Waals surface area contributed by atoms with E-state index in [0.717, 1.165) is 12.0 Å². The summed E-state index contributed by atoms with van der Waals surface area (Å²) in [6.45, 7) is 0. The molecule has 2 unspecified atom stereocenters. The molecule has 1 N–H and O–H groups in total. The van der Waals surface area contributed by atoms with Crippen LogP contribution in [-0.2, 0) is 6.42 Å². The molecule has 0 heterocycles. The molecule has 2 aromatic rings. The molecule has 0 aliphatic heterocycles. The fourth-order valence-electron chi connectivity index (χ4n) is 2.15. The van der Waals surface area contributed by atoms with Crippen molar-refractivity contribution in [1.29, 1.82) is 0 Å². The predicted octanol–water partition coefficient (Wildman–Crippen LogP) is 4.34. The number of benzene rings is 2. The third kappa shape index (κ3) is 4.71. The molecule has 2 rings (SSSR count). The summed E-state index contributed by atoms with van der Waals surface area (Å²) >= 11 is 0. The first kappa shape index (κ1) is 16.2. The summed E-state index contributed by atoms with van der Waals surface area (Å²) < 4.78 is 0. The topological polar surface area (TPSA) is 37.3 Å². The summed E-state index contributed by atoms with van der Waals surface area (Å²) in [6, 6.07) is 17.3. The van der Waals surface area contributed by atoms with Crippen molar-refractivity contribution in [3.63, 3.8) is 0 Å². The number of carboxylic acids is 1. The quantitative estimate of drug-likeness (QED) is 0.806. The normalized spacial score (nSPS) is 13.9. The summed E-state index contributed by atoms with van der Waals surface area (Å²) in [6.07, 6.45) is 7.34. The molecule has 0 aliphatic rings. The minimum Gasteiger partial charge on any atom is -0.478 e. The molecule has 2 aromatic carbocycles. The Morgan fingerprint density at radius 1 is 1.18 bits per heavy atom. The smallest absolute Gasteiger partial charge is 0.335 e. The average molecular weight is 312 g/mol. The Labute approximate surface area is 134 Å². The lowest BCUT2D eigenvalue weighted by molar-refractivity contribution is 0.0697. The van der Waals surface area contributed by atoms with Crippen molar-refractivity contribution < 1.29 is 9.90 Å². The lowest BCUT2D eigenvalue weighted by atomic mass is 10.1. The van der Waals surface area contributed by atoms with Crippen LogP contribution >= 0.6 is 10.5 Å². The maximum absolute atomic E-state index is 10.8. The molecule has 0 saturated heterocycles. The first-order chi connectivity index (χ1) is 10.6. The number of carbonyl (C=O) groups is 1. The Morgan fingerprint density at radius 2 is 1.82 bits per heavy atom. The number of aromatic carboxylic acids is 1. The zero-order chi connectivity index (χ0) is 15.9. The molecule has 114 valence electrons. The van der Waals surface area contributed by atoms with E-state index in [-0.39, 0.29) is 10.5 Å². The lowest BCUT2D eigenvalue weighted by Crippen LogP contribution is -2.04. The van der Waals surface area contributed by atoms with Gasteiger partial charge in [-0.05, 0) is 35.9 Å². The highest BCUT2D eigenvalue weighted by Gasteiger charge is 2.06. The van der Waals surface area contributed by atoms with Crippen molar-refractivity contribution in [1.82, 2.24) is 0 Å². The molecule has 0 saturated carbocycles. The fraction of sp³-hybridized carbons (Fsp3) is 0.158. The van der Waals surface area contributed by atoms with Gasteiger partial charge in [0.2, 0.25) is 0 Å². The Kier molecular flexibility index (Phi) is 5.73. The van der Waals surface area contributed by atoms with Crippen molar-refractivity contribution >= 4 is 28.4 Å². The van der Waals surface area contributed by atoms with Crippen LogP contribution in [0.3, 0.4) is 0 Å². The van der Waals surface area contributed by atoms with Gasteiger partial charge in [-0.25, -0.2) is 4.79 Å². The predicted molar refractivity (Wildman–Crippen MR) is 97.0 cm³/mol. The van der Waals surface area contributed by atoms with Gasteiger partial charge in [-0.2, -0.15) is 10.5 Å². The van der Waals surface area contributed by atoms with Crippen molar-refractivity contribution in [2.24, 2.45) is 0 Å². The SMILES string of the molecule is C=S(C)C(/C=C/c1ccc(C(=O)O)cc1)Cc1ccccc1. The number of rotatable bonds is 6. The first-order valence-electron chi connectivity index (χ1n) is 7.06. The van der Waals surface area contributed by atoms with E-state index in [1.54, 1.807) is 12.1 Å². The van der Waals surface area contributed by atoms with Gasteiger partial charge in [0.15, 0.2) is 0 Å². The molecule has 0 spiro atoms. The Bertz CT molecular complexity index is 672. The highest BCUT2D eigenvalue weighted by molar-refractivity contribution is 8.14. The molecule has 0 fully saturated rings. The highest BCUT2D eigenvalue weighted by atomic mass is 32.2. The Hall–Kier alpha value is -2.13. The van der Waals surface area contributed by atoms with Gasteiger partial charge in [0.25, 0.3) is 0 Å². The van der Waals surface area contributed by atoms with E-state index in [1.807, 2.05) is 24.3 Å². The van der Waals surface area contributed by atoms with Crippen molar-refractivity contribution in [3.05, 3.63) is 77.4 Å². The Balaban J connectivity index is 2.10. The molecule has 0 aliphatic carbocycles. The van der Waals surface area contributed by atoms with Crippen LogP contribution in [0.1, 0.15) is 21.5 Å². The average Bonchev–Trinajstić information content (AvgIpc) is 2.52. The summed E-state index contributed by atoms with van der Waals surface area (Å²) in [5.74, 6) is 3.29. The van der Waals surface area contributed by atoms with Crippen LogP contribution in [0.4, 0.5) is 0 Å². The van der Waals surface area contributed by atoms with Crippen molar-refractivity contribution in [3.8, 4) is 0 Å². The molecule has 0 aromatic heterocycles. The van der Waals surface area contributed by atoms with Crippen LogP contribution in [-0.4, -0.2) is 28.5 Å². The first-order valence-corrected chi connectivity index (χ1v) is 8.92. The third-order valence-electron chi connectivity index (χ3n) is 3.46. The van der Waals surface area contributed by atoms with Crippen LogP contribution in [0.25, 0.3) is 6.08 Å². The van der Waals surface area contributed by atoms with Gasteiger partial charge in [0.05, 0.1) is 5.56 Å². The van der Waals surface area contributed by atoms with E-state index in [9.17, 15) is 4.79 Å². The van der Waals surface area contributed by atoms with Gasteiger partial charge in [0.1, 0.15) is 0 Å². The maximum Gasteiger partial charge on any atom is 0.335 e. The zero-order valence-corrected chi connectivity index (χ0v) is 13.4. The molecule has 22 heavy (non-hydrogen) atoms. The largest absolute Gasteiger partial charge is 0.478 e. The summed E-state index contributed by atoms with van der Waals surface area (Å²) in [5.41, 5.74) is 2.63. The van der Waals surface area contributed by atoms with Gasteiger partial charge in [-0.15, -0.1) is 0 Å². The van der Waals surface area contributed by atoms with Crippen LogP contribution in [0.15, 0.2) is 60.7 Å². The van der Waals surface area contributed by atoms with Crippen LogP contribution in [0.5, 0.6) is 0 Å². The monoisotopic (exact) mass is 312 g/mol. The Morgan fingerprint density at radius 3 is 2.36 bits per heavy atom. The second kappa shape index (κ2) is 7.76. The molecular weight excluding hydrogens is 292 g/mol. The molecule has 3 heteroatoms. The molecule has 0 radical (unpaired) electrons. The molecule has 0 amide bonds. The molecule has 2 atom stereocenters. The molecule has 2 nitrogen and oxygen atoms in total. The van der Waals surface area contributed by atoms with Crippen LogP contribution < -0.4 is 0 Å². The third-order valence-corrected chi connectivity index (χ3v) is 4.81. The molecular formula is C19H20O2S. The zero-order valence-electron chi connectivity index (χ0n) is 12.6. The van der Waals surface area contributed by atoms with E-state index in [2.05, 4.69) is 42.5 Å². The minimum absolute atomic E-state index is 0.0299. The lowest BCUT2D eigenvalue weighted by Gasteiger charge is -2.14. The van der Waals surface area contributed by atoms with Gasteiger partial charge in [-0.3, -0.25) is 0 Å². The van der Waals surface area contributed by atoms with Crippen LogP contribution in [0.2, 0.25) is 0 Å². The highest BCUT2D eigenvalue weighted by Crippen LogP contribution is 2.21. The maximum atomic E-state index is 10.8. The number of hydrogen-bond acceptors (Lipinski definition) is 1. The van der Waals surface area contributed by atoms with Gasteiger partial charge in [0, 0.05) is 5.25 Å². The standard InChI is InChI=1S/C19H20O2S/c1-22(2)18(14-16-6-4-3-5-7-16)13-10-15-8-11-17(12-9-15)19(20)21/h3-13,18H,1,14H2,2H3,(H,20,21)/b13-10+. The van der Waals surface area contributed by atoms with Gasteiger partial charge >= 0.3 is 5.97 Å². The summed E-state index contributed by atoms with van der Waals surface area (Å²) in [5, 5.41) is 9.28. The number of carboxylic acid groups (broad SMARTS) is 1. The summed E-state index contributed by atoms with van der Waals surface area (Å²) in [4.78, 5) is 10.8. The minimum atomic E-state index is -0.898. The van der Waals surface area contributed by atoms with E-state index >= 15 is 0 Å². The van der Waals surface area contributed by atoms with Crippen molar-refractivity contribution in [2.45, 2.75) is 11.7 Å². The second-order valence-corrected chi connectivity index (χ2v) is 7.19. The fourth-order valence-corrected chi connectivity index (χ4v) is 2.97. The van der Waals surface area contributed by atoms with Gasteiger partial charge < -0.3 is 5.11 Å². The van der Waals surface area contributed by atoms with E-state index in [1.165, 1.54) is 5.56 Å². The number of hydrogen-bond donors (Lipinski definition) is 1. The van der Waals surface area contributed by atoms with E-state index in [0.29, 0.717) is 10.8 Å². The van der Waals surface area contributed by atoms with E-state index < -0.39 is 5.97 Å². The van der Waals surface area contributed by atoms with Crippen molar-refractivity contribution in [2.75, 3.05) is 6.26 Å². The molecule has 0 bridgehead atoms.